The van der Waals surface area contributed by atoms with E-state index in [9.17, 15) is 22.4 Å². The van der Waals surface area contributed by atoms with Gasteiger partial charge in [0.25, 0.3) is 5.91 Å². The number of nitrogens with one attached hydrogen (secondary N) is 1. The molecule has 11 heteroatoms. The van der Waals surface area contributed by atoms with Gasteiger partial charge in [-0.25, -0.2) is 17.6 Å². The molecule has 0 spiro atoms. The van der Waals surface area contributed by atoms with E-state index in [1.165, 1.54) is 23.9 Å². The summed E-state index contributed by atoms with van der Waals surface area (Å²) in [5, 5.41) is 2.63. The van der Waals surface area contributed by atoms with Crippen molar-refractivity contribution in [1.29, 1.82) is 0 Å². The molecule has 0 bridgehead atoms. The summed E-state index contributed by atoms with van der Waals surface area (Å²) in [6.45, 7) is 5.28. The zero-order valence-electron chi connectivity index (χ0n) is 17.6. The van der Waals surface area contributed by atoms with Crippen molar-refractivity contribution in [3.05, 3.63) is 35.6 Å². The minimum absolute atomic E-state index is 0.0114. The normalized spacial score (nSPS) is 23.6. The van der Waals surface area contributed by atoms with Crippen LogP contribution in [0.1, 0.15) is 26.3 Å². The van der Waals surface area contributed by atoms with E-state index >= 15 is 0 Å². The van der Waals surface area contributed by atoms with Crippen molar-refractivity contribution in [2.75, 3.05) is 24.6 Å². The van der Waals surface area contributed by atoms with Crippen LogP contribution in [0, 0.1) is 5.82 Å². The molecule has 0 unspecified atom stereocenters. The number of amides is 2. The van der Waals surface area contributed by atoms with Crippen LogP contribution in [0.25, 0.3) is 0 Å². The number of thioether (sulfide) groups is 1. The Labute approximate surface area is 185 Å². The monoisotopic (exact) mass is 471 g/mol. The minimum atomic E-state index is -3.14. The lowest BCUT2D eigenvalue weighted by atomic mass is 10.1. The maximum absolute atomic E-state index is 13.1. The van der Waals surface area contributed by atoms with Crippen molar-refractivity contribution in [3.8, 4) is 0 Å². The van der Waals surface area contributed by atoms with Crippen molar-refractivity contribution < 1.29 is 27.1 Å². The summed E-state index contributed by atoms with van der Waals surface area (Å²) < 4.78 is 42.4. The second-order valence-corrected chi connectivity index (χ2v) is 11.9. The number of hydrogen-bond acceptors (Lipinski definition) is 6. The van der Waals surface area contributed by atoms with Gasteiger partial charge in [0.1, 0.15) is 18.0 Å². The van der Waals surface area contributed by atoms with Crippen molar-refractivity contribution in [2.45, 2.75) is 44.1 Å². The summed E-state index contributed by atoms with van der Waals surface area (Å²) in [6, 6.07) is 5.83. The first-order chi connectivity index (χ1) is 14.4. The Bertz CT molecular complexity index is 974. The minimum Gasteiger partial charge on any atom is -0.444 e. The van der Waals surface area contributed by atoms with Crippen LogP contribution in [-0.4, -0.2) is 72.0 Å². The van der Waals surface area contributed by atoms with Crippen LogP contribution in [0.5, 0.6) is 0 Å². The van der Waals surface area contributed by atoms with Crippen molar-refractivity contribution in [3.63, 3.8) is 0 Å². The maximum Gasteiger partial charge on any atom is 0.408 e. The van der Waals surface area contributed by atoms with E-state index in [1.807, 2.05) is 4.90 Å². The van der Waals surface area contributed by atoms with Crippen molar-refractivity contribution in [2.24, 2.45) is 4.99 Å². The first-order valence-corrected chi connectivity index (χ1v) is 12.6. The molecule has 0 aromatic heterocycles. The SMILES string of the molecule is CC(C)(C)OC(=O)NCC(=O)N=C1S[C@H]2CS(=O)(=O)C[C@H]2N1CCc1ccc(F)cc1. The fraction of sp³-hybridized carbons (Fsp3) is 0.550. The van der Waals surface area contributed by atoms with Crippen LogP contribution in [-0.2, 0) is 25.8 Å². The first-order valence-electron chi connectivity index (χ1n) is 9.88. The first kappa shape index (κ1) is 23.5. The molecule has 2 fully saturated rings. The van der Waals surface area contributed by atoms with Gasteiger partial charge in [0.15, 0.2) is 15.0 Å². The van der Waals surface area contributed by atoms with E-state index in [4.69, 9.17) is 4.74 Å². The van der Waals surface area contributed by atoms with Crippen LogP contribution in [0.3, 0.4) is 0 Å². The highest BCUT2D eigenvalue weighted by molar-refractivity contribution is 8.15. The zero-order chi connectivity index (χ0) is 22.8. The summed E-state index contributed by atoms with van der Waals surface area (Å²) in [5.41, 5.74) is 0.216. The lowest BCUT2D eigenvalue weighted by Gasteiger charge is -2.24. The number of sulfone groups is 1. The van der Waals surface area contributed by atoms with Crippen LogP contribution in [0.15, 0.2) is 29.3 Å². The molecule has 2 amide bonds. The fourth-order valence-electron chi connectivity index (χ4n) is 3.41. The third kappa shape index (κ3) is 6.67. The number of rotatable bonds is 5. The number of nitrogens with zero attached hydrogens (tertiary/aromatic N) is 2. The van der Waals surface area contributed by atoms with E-state index in [0.29, 0.717) is 18.1 Å². The van der Waals surface area contributed by atoms with Gasteiger partial charge in [-0.05, 0) is 44.9 Å². The van der Waals surface area contributed by atoms with Gasteiger partial charge >= 0.3 is 6.09 Å². The van der Waals surface area contributed by atoms with E-state index in [2.05, 4.69) is 10.3 Å². The maximum atomic E-state index is 13.1. The number of amidine groups is 1. The van der Waals surface area contributed by atoms with Gasteiger partial charge in [-0.15, -0.1) is 0 Å². The molecular formula is C20H26FN3O5S2. The highest BCUT2D eigenvalue weighted by atomic mass is 32.2. The largest absolute Gasteiger partial charge is 0.444 e. The third-order valence-corrected chi connectivity index (χ3v) is 7.98. The van der Waals surface area contributed by atoms with E-state index in [-0.39, 0.29) is 35.2 Å². The molecule has 0 aliphatic carbocycles. The Hall–Kier alpha value is -2.14. The number of benzene rings is 1. The summed E-state index contributed by atoms with van der Waals surface area (Å²) in [6.07, 6.45) is -0.163. The highest BCUT2D eigenvalue weighted by Crippen LogP contribution is 2.38. The van der Waals surface area contributed by atoms with E-state index in [0.717, 1.165) is 5.56 Å². The zero-order valence-corrected chi connectivity index (χ0v) is 19.3. The third-order valence-electron chi connectivity index (χ3n) is 4.73. The quantitative estimate of drug-likeness (QED) is 0.700. The van der Waals surface area contributed by atoms with E-state index in [1.54, 1.807) is 32.9 Å². The van der Waals surface area contributed by atoms with Gasteiger partial charge in [-0.1, -0.05) is 23.9 Å². The van der Waals surface area contributed by atoms with E-state index < -0.39 is 27.4 Å². The van der Waals surface area contributed by atoms with Gasteiger partial charge in [0.2, 0.25) is 0 Å². The van der Waals surface area contributed by atoms with Gasteiger partial charge in [-0.2, -0.15) is 4.99 Å². The highest BCUT2D eigenvalue weighted by Gasteiger charge is 2.48. The molecule has 0 radical (unpaired) electrons. The summed E-state index contributed by atoms with van der Waals surface area (Å²) in [4.78, 5) is 30.0. The molecule has 31 heavy (non-hydrogen) atoms. The molecule has 8 nitrogen and oxygen atoms in total. The molecule has 3 rings (SSSR count). The molecule has 2 aliphatic heterocycles. The number of hydrogen-bond donors (Lipinski definition) is 1. The second-order valence-electron chi connectivity index (χ2n) is 8.51. The number of halogens is 1. The Morgan fingerprint density at radius 2 is 1.94 bits per heavy atom. The summed E-state index contributed by atoms with van der Waals surface area (Å²) >= 11 is 1.27. The average molecular weight is 472 g/mol. The number of aliphatic imine (C=N–C) groups is 1. The van der Waals surface area contributed by atoms with Crippen LogP contribution >= 0.6 is 11.8 Å². The fourth-order valence-corrected chi connectivity index (χ4v) is 7.40. The molecule has 2 atom stereocenters. The number of ether oxygens (including phenoxy) is 1. The Morgan fingerprint density at radius 3 is 2.58 bits per heavy atom. The standard InChI is InChI=1S/C20H26FN3O5S2/c1-20(2,3)29-19(26)22-10-17(25)23-18-24(9-8-13-4-6-14(21)7-5-13)15-11-31(27,28)12-16(15)30-18/h4-7,15-16H,8-12H2,1-3H3,(H,22,26)/t15-,16+/m1/s1. The van der Waals surface area contributed by atoms with Gasteiger partial charge in [0.05, 0.1) is 17.5 Å². The summed E-state index contributed by atoms with van der Waals surface area (Å²) in [7, 11) is -3.14. The lowest BCUT2D eigenvalue weighted by Crippen LogP contribution is -2.39. The molecule has 2 aliphatic rings. The van der Waals surface area contributed by atoms with Gasteiger partial charge in [0, 0.05) is 11.8 Å². The Kier molecular flexibility index (Phi) is 6.95. The molecule has 1 N–H and O–H groups in total. The van der Waals surface area contributed by atoms with Gasteiger partial charge in [-0.3, -0.25) is 4.79 Å². The van der Waals surface area contributed by atoms with Crippen molar-refractivity contribution in [1.82, 2.24) is 10.2 Å². The molecule has 1 aromatic rings. The Morgan fingerprint density at radius 1 is 1.26 bits per heavy atom. The average Bonchev–Trinajstić information content (AvgIpc) is 3.09. The molecule has 0 saturated carbocycles. The van der Waals surface area contributed by atoms with Crippen molar-refractivity contribution >= 4 is 38.8 Å². The number of fused-ring (bicyclic) bond motifs is 1. The number of alkyl carbamates (subject to hydrolysis) is 1. The molecule has 1 aromatic carbocycles. The number of carbonyl (C=O) groups excluding carboxylic acids is 2. The summed E-state index contributed by atoms with van der Waals surface area (Å²) in [5.74, 6) is -0.827. The number of carbonyl (C=O) groups is 2. The van der Waals surface area contributed by atoms with Crippen LogP contribution < -0.4 is 5.32 Å². The van der Waals surface area contributed by atoms with Crippen LogP contribution in [0.2, 0.25) is 0 Å². The molecular weight excluding hydrogens is 445 g/mol. The molecule has 170 valence electrons. The molecule has 2 heterocycles. The molecule has 2 saturated heterocycles. The predicted octanol–water partition coefficient (Wildman–Crippen LogP) is 1.99. The van der Waals surface area contributed by atoms with Gasteiger partial charge < -0.3 is 15.0 Å². The van der Waals surface area contributed by atoms with Crippen LogP contribution in [0.4, 0.5) is 9.18 Å². The topological polar surface area (TPSA) is 105 Å². The lowest BCUT2D eigenvalue weighted by molar-refractivity contribution is -0.117. The smallest absolute Gasteiger partial charge is 0.408 e. The second kappa shape index (κ2) is 9.15. The Balaban J connectivity index is 1.67. The predicted molar refractivity (Wildman–Crippen MR) is 117 cm³/mol.